The number of para-hydroxylation sites is 2. The van der Waals surface area contributed by atoms with Gasteiger partial charge in [-0.3, -0.25) is 9.59 Å². The van der Waals surface area contributed by atoms with Crippen LogP contribution in [0.15, 0.2) is 24.3 Å². The maximum absolute atomic E-state index is 12.2. The van der Waals surface area contributed by atoms with E-state index in [2.05, 4.69) is 20.8 Å². The molecule has 1 aromatic rings. The summed E-state index contributed by atoms with van der Waals surface area (Å²) in [6, 6.07) is 6.88. The molecule has 1 aromatic carbocycles. The number of carbonyl (C=O) groups is 2. The van der Waals surface area contributed by atoms with Gasteiger partial charge >= 0.3 is 11.9 Å². The minimum atomic E-state index is -0.282. The molecule has 0 heterocycles. The molecular weight excluding hydrogens is 364 g/mol. The van der Waals surface area contributed by atoms with Crippen LogP contribution in [0.5, 0.6) is 11.5 Å². The zero-order chi connectivity index (χ0) is 21.3. The average Bonchev–Trinajstić information content (AvgIpc) is 2.72. The fourth-order valence-corrected chi connectivity index (χ4v) is 3.42. The lowest BCUT2D eigenvalue weighted by Crippen LogP contribution is -2.12. The van der Waals surface area contributed by atoms with Crippen LogP contribution in [0.2, 0.25) is 0 Å². The van der Waals surface area contributed by atoms with Crippen molar-refractivity contribution in [2.45, 2.75) is 104 Å². The molecule has 0 aliphatic heterocycles. The quantitative estimate of drug-likeness (QED) is 0.165. The molecule has 0 saturated carbocycles. The van der Waals surface area contributed by atoms with E-state index in [1.165, 1.54) is 38.5 Å². The van der Waals surface area contributed by atoms with Crippen LogP contribution in [0, 0.1) is 5.92 Å². The van der Waals surface area contributed by atoms with Crippen molar-refractivity contribution in [1.29, 1.82) is 0 Å². The van der Waals surface area contributed by atoms with Crippen molar-refractivity contribution in [2.75, 3.05) is 0 Å². The van der Waals surface area contributed by atoms with Gasteiger partial charge in [0.2, 0.25) is 0 Å². The zero-order valence-electron chi connectivity index (χ0n) is 18.7. The summed E-state index contributed by atoms with van der Waals surface area (Å²) in [5.41, 5.74) is 0. The predicted molar refractivity (Wildman–Crippen MR) is 118 cm³/mol. The van der Waals surface area contributed by atoms with Gasteiger partial charge < -0.3 is 9.47 Å². The van der Waals surface area contributed by atoms with E-state index >= 15 is 0 Å². The molecule has 0 atom stereocenters. The van der Waals surface area contributed by atoms with E-state index in [-0.39, 0.29) is 11.9 Å². The average molecular weight is 405 g/mol. The summed E-state index contributed by atoms with van der Waals surface area (Å²) >= 11 is 0. The number of unbranched alkanes of at least 4 members (excludes halogenated alkanes) is 6. The highest BCUT2D eigenvalue weighted by molar-refractivity contribution is 5.76. The van der Waals surface area contributed by atoms with Gasteiger partial charge in [0.15, 0.2) is 11.5 Å². The van der Waals surface area contributed by atoms with Crippen LogP contribution in [0.3, 0.4) is 0 Å². The summed E-state index contributed by atoms with van der Waals surface area (Å²) in [6.07, 6.45) is 13.1. The fourth-order valence-electron chi connectivity index (χ4n) is 3.42. The largest absolute Gasteiger partial charge is 0.423 e. The van der Waals surface area contributed by atoms with Gasteiger partial charge in [-0.15, -0.1) is 0 Å². The van der Waals surface area contributed by atoms with Crippen LogP contribution >= 0.6 is 0 Å². The van der Waals surface area contributed by atoms with Gasteiger partial charge in [-0.2, -0.15) is 0 Å². The Kier molecular flexibility index (Phi) is 13.9. The molecule has 1 rings (SSSR count). The second-order valence-corrected chi connectivity index (χ2v) is 7.84. The van der Waals surface area contributed by atoms with Crippen LogP contribution < -0.4 is 9.47 Å². The maximum Gasteiger partial charge on any atom is 0.311 e. The molecular formula is C25H40O4. The number of carbonyl (C=O) groups excluding carboxylic acids is 2. The number of esters is 2. The third kappa shape index (κ3) is 11.7. The number of rotatable bonds is 16. The third-order valence-corrected chi connectivity index (χ3v) is 5.43. The fraction of sp³-hybridized carbons (Fsp3) is 0.680. The molecule has 0 N–H and O–H groups in total. The van der Waals surface area contributed by atoms with Crippen molar-refractivity contribution in [3.8, 4) is 11.5 Å². The Morgan fingerprint density at radius 3 is 1.72 bits per heavy atom. The minimum absolute atomic E-state index is 0.267. The van der Waals surface area contributed by atoms with E-state index in [4.69, 9.17) is 9.47 Å². The van der Waals surface area contributed by atoms with E-state index in [0.717, 1.165) is 38.0 Å². The van der Waals surface area contributed by atoms with E-state index in [9.17, 15) is 9.59 Å². The Labute approximate surface area is 177 Å². The lowest BCUT2D eigenvalue weighted by atomic mass is 9.96. The van der Waals surface area contributed by atoms with E-state index in [1.807, 2.05) is 0 Å². The predicted octanol–water partition coefficient (Wildman–Crippen LogP) is 7.24. The maximum atomic E-state index is 12.2. The third-order valence-electron chi connectivity index (χ3n) is 5.43. The van der Waals surface area contributed by atoms with Gasteiger partial charge in [0, 0.05) is 12.8 Å². The van der Waals surface area contributed by atoms with Crippen LogP contribution in [-0.4, -0.2) is 11.9 Å². The highest BCUT2D eigenvalue weighted by atomic mass is 16.6. The van der Waals surface area contributed by atoms with Gasteiger partial charge in [-0.05, 0) is 30.9 Å². The Bertz CT molecular complexity index is 578. The second kappa shape index (κ2) is 16.0. The topological polar surface area (TPSA) is 52.6 Å². The number of benzene rings is 1. The Morgan fingerprint density at radius 2 is 1.21 bits per heavy atom. The first kappa shape index (κ1) is 25.2. The summed E-state index contributed by atoms with van der Waals surface area (Å²) in [7, 11) is 0. The molecule has 0 aliphatic rings. The first-order valence-electron chi connectivity index (χ1n) is 11.6. The smallest absolute Gasteiger partial charge is 0.311 e. The van der Waals surface area contributed by atoms with Gasteiger partial charge in [0.05, 0.1) is 0 Å². The van der Waals surface area contributed by atoms with Crippen molar-refractivity contribution in [3.63, 3.8) is 0 Å². The van der Waals surface area contributed by atoms with E-state index < -0.39 is 0 Å². The molecule has 4 nitrogen and oxygen atoms in total. The highest BCUT2D eigenvalue weighted by Gasteiger charge is 2.13. The van der Waals surface area contributed by atoms with Crippen molar-refractivity contribution in [2.24, 2.45) is 5.92 Å². The number of ether oxygens (including phenoxy) is 2. The molecule has 0 aliphatic carbocycles. The normalized spacial score (nSPS) is 10.9. The highest BCUT2D eigenvalue weighted by Crippen LogP contribution is 2.27. The van der Waals surface area contributed by atoms with Gasteiger partial charge in [0.1, 0.15) is 0 Å². The Hall–Kier alpha value is -1.84. The van der Waals surface area contributed by atoms with Crippen molar-refractivity contribution < 1.29 is 19.1 Å². The minimum Gasteiger partial charge on any atom is -0.423 e. The first-order valence-corrected chi connectivity index (χ1v) is 11.6. The van der Waals surface area contributed by atoms with E-state index in [0.29, 0.717) is 24.3 Å². The van der Waals surface area contributed by atoms with Crippen molar-refractivity contribution in [1.82, 2.24) is 0 Å². The lowest BCUT2D eigenvalue weighted by molar-refractivity contribution is -0.137. The summed E-state index contributed by atoms with van der Waals surface area (Å²) in [6.45, 7) is 6.63. The molecule has 0 saturated heterocycles. The Morgan fingerprint density at radius 1 is 0.724 bits per heavy atom. The van der Waals surface area contributed by atoms with Crippen molar-refractivity contribution in [3.05, 3.63) is 24.3 Å². The number of hydrogen-bond donors (Lipinski definition) is 0. The molecule has 0 fully saturated rings. The van der Waals surface area contributed by atoms with Crippen LogP contribution in [0.25, 0.3) is 0 Å². The van der Waals surface area contributed by atoms with Crippen LogP contribution in [0.4, 0.5) is 0 Å². The Balaban J connectivity index is 2.28. The molecule has 0 amide bonds. The molecule has 164 valence electrons. The van der Waals surface area contributed by atoms with Crippen LogP contribution in [-0.2, 0) is 9.59 Å². The van der Waals surface area contributed by atoms with Gasteiger partial charge in [-0.25, -0.2) is 0 Å². The summed E-state index contributed by atoms with van der Waals surface area (Å²) < 4.78 is 10.8. The van der Waals surface area contributed by atoms with Gasteiger partial charge in [-0.1, -0.05) is 90.7 Å². The molecule has 0 spiro atoms. The summed E-state index contributed by atoms with van der Waals surface area (Å²) in [4.78, 5) is 24.1. The lowest BCUT2D eigenvalue weighted by Gasteiger charge is -2.11. The monoisotopic (exact) mass is 404 g/mol. The molecule has 4 heteroatoms. The summed E-state index contributed by atoms with van der Waals surface area (Å²) in [5.74, 6) is 0.966. The zero-order valence-corrected chi connectivity index (χ0v) is 18.7. The molecule has 29 heavy (non-hydrogen) atoms. The molecule has 0 bridgehead atoms. The molecule has 0 radical (unpaired) electrons. The standard InChI is InChI=1S/C25H40O4/c1-4-7-11-19-24(26)28-22-17-14-15-18-23(22)29-25(27)20-13-10-8-9-12-16-21(5-2)6-3/h14-15,17-18,21H,4-13,16,19-20H2,1-3H3. The molecule has 0 unspecified atom stereocenters. The van der Waals surface area contributed by atoms with E-state index in [1.54, 1.807) is 24.3 Å². The van der Waals surface area contributed by atoms with Crippen molar-refractivity contribution >= 4 is 11.9 Å². The SMILES string of the molecule is CCCCCC(=O)Oc1ccccc1OC(=O)CCCCCCCC(CC)CC. The van der Waals surface area contributed by atoms with Gasteiger partial charge in [0.25, 0.3) is 0 Å². The number of hydrogen-bond acceptors (Lipinski definition) is 4. The first-order chi connectivity index (χ1) is 14.1. The molecule has 0 aromatic heterocycles. The summed E-state index contributed by atoms with van der Waals surface area (Å²) in [5, 5.41) is 0. The van der Waals surface area contributed by atoms with Crippen LogP contribution in [0.1, 0.15) is 104 Å². The second-order valence-electron chi connectivity index (χ2n) is 7.84.